The van der Waals surface area contributed by atoms with Crippen molar-refractivity contribution in [3.8, 4) is 5.75 Å². The van der Waals surface area contributed by atoms with Crippen molar-refractivity contribution in [1.29, 1.82) is 0 Å². The lowest BCUT2D eigenvalue weighted by Crippen LogP contribution is -2.23. The Bertz CT molecular complexity index is 705. The summed E-state index contributed by atoms with van der Waals surface area (Å²) in [4.78, 5) is 13.3. The molecule has 0 radical (unpaired) electrons. The van der Waals surface area contributed by atoms with Crippen LogP contribution in [0.5, 0.6) is 5.75 Å². The Hall–Kier alpha value is -1.44. The largest absolute Gasteiger partial charge is 0.490 e. The van der Waals surface area contributed by atoms with E-state index in [1.165, 1.54) is 11.8 Å². The average molecular weight is 388 g/mol. The van der Waals surface area contributed by atoms with Crippen molar-refractivity contribution >= 4 is 40.9 Å². The molecule has 0 atom stereocenters. The smallest absolute Gasteiger partial charge is 0.276 e. The molecule has 0 unspecified atom stereocenters. The van der Waals surface area contributed by atoms with Gasteiger partial charge in [0.1, 0.15) is 0 Å². The molecule has 1 aliphatic rings. The molecule has 1 aromatic heterocycles. The number of aromatic nitrogens is 2. The molecule has 6 nitrogen and oxygen atoms in total. The Morgan fingerprint density at radius 3 is 2.79 bits per heavy atom. The number of hydrogen-bond acceptors (Lipinski definition) is 6. The maximum atomic E-state index is 11.6. The zero-order valence-electron chi connectivity index (χ0n) is 12.7. The molecule has 128 valence electrons. The molecule has 1 amide bonds. The van der Waals surface area contributed by atoms with Crippen LogP contribution in [0.4, 0.5) is 0 Å². The van der Waals surface area contributed by atoms with E-state index in [2.05, 4.69) is 10.2 Å². The van der Waals surface area contributed by atoms with Crippen molar-refractivity contribution in [3.05, 3.63) is 34.1 Å². The molecule has 1 fully saturated rings. The third-order valence-corrected chi connectivity index (χ3v) is 4.80. The summed E-state index contributed by atoms with van der Waals surface area (Å²) in [5.41, 5.74) is 0. The maximum absolute atomic E-state index is 11.6. The number of benzene rings is 1. The predicted octanol–water partition coefficient (Wildman–Crippen LogP) is 3.67. The predicted molar refractivity (Wildman–Crippen MR) is 91.6 cm³/mol. The molecule has 2 heterocycles. The highest BCUT2D eigenvalue weighted by Gasteiger charge is 2.22. The molecule has 0 bridgehead atoms. The molecule has 2 aromatic rings. The van der Waals surface area contributed by atoms with E-state index in [1.807, 2.05) is 0 Å². The van der Waals surface area contributed by atoms with E-state index in [1.54, 1.807) is 23.1 Å². The summed E-state index contributed by atoms with van der Waals surface area (Å²) in [5, 5.41) is 9.33. The summed E-state index contributed by atoms with van der Waals surface area (Å²) >= 11 is 13.4. The number of rotatable bonds is 7. The number of ether oxygens (including phenoxy) is 1. The molecule has 1 saturated heterocycles. The second kappa shape index (κ2) is 8.09. The number of carbonyl (C=O) groups excluding carboxylic acids is 1. The Balaban J connectivity index is 1.45. The minimum absolute atomic E-state index is 0.132. The summed E-state index contributed by atoms with van der Waals surface area (Å²) in [7, 11) is 0. The third kappa shape index (κ3) is 4.34. The van der Waals surface area contributed by atoms with Gasteiger partial charge in [-0.3, -0.25) is 4.79 Å². The minimum Gasteiger partial charge on any atom is -0.490 e. The van der Waals surface area contributed by atoms with Crippen molar-refractivity contribution in [3.63, 3.8) is 0 Å². The fourth-order valence-corrected chi connectivity index (χ4v) is 3.39. The fourth-order valence-electron chi connectivity index (χ4n) is 2.29. The second-order valence-corrected chi connectivity index (χ2v) is 6.99. The van der Waals surface area contributed by atoms with Gasteiger partial charge in [0.15, 0.2) is 5.75 Å². The van der Waals surface area contributed by atoms with Crippen molar-refractivity contribution in [2.45, 2.75) is 24.6 Å². The van der Waals surface area contributed by atoms with E-state index >= 15 is 0 Å². The highest BCUT2D eigenvalue weighted by Crippen LogP contribution is 2.32. The van der Waals surface area contributed by atoms with Crippen molar-refractivity contribution < 1.29 is 13.9 Å². The van der Waals surface area contributed by atoms with Gasteiger partial charge >= 0.3 is 0 Å². The first kappa shape index (κ1) is 17.4. The zero-order chi connectivity index (χ0) is 16.9. The number of carbonyl (C=O) groups is 1. The number of amides is 1. The number of hydrogen-bond donors (Lipinski definition) is 0. The summed E-state index contributed by atoms with van der Waals surface area (Å²) in [6.07, 6.45) is 1.48. The van der Waals surface area contributed by atoms with Gasteiger partial charge < -0.3 is 14.1 Å². The van der Waals surface area contributed by atoms with Crippen LogP contribution in [-0.4, -0.2) is 39.9 Å². The van der Waals surface area contributed by atoms with Crippen LogP contribution >= 0.6 is 35.0 Å². The van der Waals surface area contributed by atoms with Crippen LogP contribution in [0.1, 0.15) is 18.7 Å². The molecular weight excluding hydrogens is 373 g/mol. The first-order chi connectivity index (χ1) is 11.6. The second-order valence-electron chi connectivity index (χ2n) is 5.13. The SMILES string of the molecule is O=C1CCCN1Cc1nnc(SCCOc2c(Cl)cccc2Cl)o1. The first-order valence-corrected chi connectivity index (χ1v) is 9.17. The van der Waals surface area contributed by atoms with E-state index in [0.717, 1.165) is 13.0 Å². The Morgan fingerprint density at radius 2 is 2.08 bits per heavy atom. The lowest BCUT2D eigenvalue weighted by molar-refractivity contribution is -0.128. The van der Waals surface area contributed by atoms with E-state index in [0.29, 0.717) is 52.2 Å². The molecule has 9 heteroatoms. The Morgan fingerprint density at radius 1 is 1.29 bits per heavy atom. The quantitative estimate of drug-likeness (QED) is 0.533. The van der Waals surface area contributed by atoms with E-state index in [9.17, 15) is 4.79 Å². The summed E-state index contributed by atoms with van der Waals surface area (Å²) in [6, 6.07) is 5.21. The van der Waals surface area contributed by atoms with E-state index < -0.39 is 0 Å². The highest BCUT2D eigenvalue weighted by atomic mass is 35.5. The number of nitrogens with zero attached hydrogens (tertiary/aromatic N) is 3. The normalized spacial score (nSPS) is 14.4. The minimum atomic E-state index is 0.132. The lowest BCUT2D eigenvalue weighted by Gasteiger charge is -2.11. The van der Waals surface area contributed by atoms with Gasteiger partial charge in [-0.2, -0.15) is 0 Å². The van der Waals surface area contributed by atoms with Crippen LogP contribution < -0.4 is 4.74 Å². The van der Waals surface area contributed by atoms with Crippen LogP contribution in [0, 0.1) is 0 Å². The first-order valence-electron chi connectivity index (χ1n) is 7.43. The molecule has 1 aromatic carbocycles. The Kier molecular flexibility index (Phi) is 5.86. The Labute approximate surface area is 153 Å². The molecule has 0 aliphatic carbocycles. The highest BCUT2D eigenvalue weighted by molar-refractivity contribution is 7.99. The molecule has 3 rings (SSSR count). The summed E-state index contributed by atoms with van der Waals surface area (Å²) in [5.74, 6) is 1.65. The van der Waals surface area contributed by atoms with Gasteiger partial charge in [-0.1, -0.05) is 41.0 Å². The number of para-hydroxylation sites is 1. The number of likely N-dealkylation sites (tertiary alicyclic amines) is 1. The summed E-state index contributed by atoms with van der Waals surface area (Å²) in [6.45, 7) is 1.52. The average Bonchev–Trinajstić information content (AvgIpc) is 3.16. The standard InChI is InChI=1S/C15H15Cl2N3O3S/c16-10-3-1-4-11(17)14(10)22-7-8-24-15-19-18-12(23-15)9-20-6-2-5-13(20)21/h1,3-4H,2,5-9H2. The molecule has 0 N–H and O–H groups in total. The fraction of sp³-hybridized carbons (Fsp3) is 0.400. The molecule has 1 aliphatic heterocycles. The molecule has 0 saturated carbocycles. The van der Waals surface area contributed by atoms with Crippen molar-refractivity contribution in [2.75, 3.05) is 18.9 Å². The lowest BCUT2D eigenvalue weighted by atomic mass is 10.3. The van der Waals surface area contributed by atoms with E-state index in [-0.39, 0.29) is 5.91 Å². The summed E-state index contributed by atoms with van der Waals surface area (Å²) < 4.78 is 11.1. The third-order valence-electron chi connectivity index (χ3n) is 3.42. The van der Waals surface area contributed by atoms with Crippen LogP contribution in [-0.2, 0) is 11.3 Å². The number of thioether (sulfide) groups is 1. The van der Waals surface area contributed by atoms with Gasteiger partial charge in [0.05, 0.1) is 23.2 Å². The monoisotopic (exact) mass is 387 g/mol. The van der Waals surface area contributed by atoms with Gasteiger partial charge in [0.25, 0.3) is 5.22 Å². The van der Waals surface area contributed by atoms with E-state index in [4.69, 9.17) is 32.4 Å². The van der Waals surface area contributed by atoms with Crippen molar-refractivity contribution in [1.82, 2.24) is 15.1 Å². The zero-order valence-corrected chi connectivity index (χ0v) is 15.0. The number of halogens is 2. The van der Waals surface area contributed by atoms with Gasteiger partial charge in [-0.15, -0.1) is 10.2 Å². The van der Waals surface area contributed by atoms with Crippen molar-refractivity contribution in [2.24, 2.45) is 0 Å². The molecular formula is C15H15Cl2N3O3S. The molecule has 0 spiro atoms. The van der Waals surface area contributed by atoms with Crippen LogP contribution in [0.2, 0.25) is 10.0 Å². The van der Waals surface area contributed by atoms with Crippen LogP contribution in [0.3, 0.4) is 0 Å². The van der Waals surface area contributed by atoms with Gasteiger partial charge in [0.2, 0.25) is 11.8 Å². The molecule has 24 heavy (non-hydrogen) atoms. The van der Waals surface area contributed by atoms with Gasteiger partial charge in [-0.05, 0) is 18.6 Å². The van der Waals surface area contributed by atoms with Gasteiger partial charge in [-0.25, -0.2) is 0 Å². The maximum Gasteiger partial charge on any atom is 0.276 e. The topological polar surface area (TPSA) is 68.5 Å². The van der Waals surface area contributed by atoms with Crippen LogP contribution in [0.25, 0.3) is 0 Å². The van der Waals surface area contributed by atoms with Gasteiger partial charge in [0, 0.05) is 18.7 Å². The van der Waals surface area contributed by atoms with Crippen LogP contribution in [0.15, 0.2) is 27.8 Å².